The number of hydrogen-bond acceptors (Lipinski definition) is 4. The van der Waals surface area contributed by atoms with E-state index in [0.29, 0.717) is 15.7 Å². The lowest BCUT2D eigenvalue weighted by molar-refractivity contribution is 0.102. The molecule has 0 atom stereocenters. The third-order valence-electron chi connectivity index (χ3n) is 3.23. The second-order valence-electron chi connectivity index (χ2n) is 5.01. The SMILES string of the molecule is Cn1ccnc1Sc1ccc(F)cc1NC(=O)c1cnc(Cl)c(Cl)c1. The number of benzene rings is 1. The first-order valence-corrected chi connectivity index (χ1v) is 8.58. The lowest BCUT2D eigenvalue weighted by atomic mass is 10.2. The maximum Gasteiger partial charge on any atom is 0.257 e. The Kier molecular flexibility index (Phi) is 5.27. The normalized spacial score (nSPS) is 10.7. The number of pyridine rings is 1. The molecule has 0 unspecified atom stereocenters. The van der Waals surface area contributed by atoms with Gasteiger partial charge in [0.15, 0.2) is 5.16 Å². The summed E-state index contributed by atoms with van der Waals surface area (Å²) >= 11 is 12.9. The molecule has 0 spiro atoms. The van der Waals surface area contributed by atoms with E-state index in [1.807, 2.05) is 11.6 Å². The summed E-state index contributed by atoms with van der Waals surface area (Å²) in [5, 5.41) is 3.64. The Bertz CT molecular complexity index is 948. The van der Waals surface area contributed by atoms with Crippen molar-refractivity contribution in [3.63, 3.8) is 0 Å². The van der Waals surface area contributed by atoms with Crippen molar-refractivity contribution in [2.45, 2.75) is 10.1 Å². The van der Waals surface area contributed by atoms with Crippen molar-refractivity contribution in [3.05, 3.63) is 64.4 Å². The summed E-state index contributed by atoms with van der Waals surface area (Å²) in [6.07, 6.45) is 4.76. The number of amides is 1. The highest BCUT2D eigenvalue weighted by Crippen LogP contribution is 2.33. The van der Waals surface area contributed by atoms with Gasteiger partial charge in [0.05, 0.1) is 16.3 Å². The second kappa shape index (κ2) is 7.43. The third kappa shape index (κ3) is 4.12. The number of hydrogen-bond donors (Lipinski definition) is 1. The summed E-state index contributed by atoms with van der Waals surface area (Å²) in [6, 6.07) is 5.55. The molecule has 3 aromatic rings. The molecule has 0 saturated carbocycles. The highest BCUT2D eigenvalue weighted by molar-refractivity contribution is 7.99. The van der Waals surface area contributed by atoms with E-state index in [-0.39, 0.29) is 15.7 Å². The van der Waals surface area contributed by atoms with Crippen LogP contribution in [0, 0.1) is 5.82 Å². The van der Waals surface area contributed by atoms with E-state index in [0.717, 1.165) is 0 Å². The first-order chi connectivity index (χ1) is 11.9. The zero-order valence-electron chi connectivity index (χ0n) is 12.8. The smallest absolute Gasteiger partial charge is 0.257 e. The molecule has 25 heavy (non-hydrogen) atoms. The summed E-state index contributed by atoms with van der Waals surface area (Å²) in [6.45, 7) is 0. The minimum Gasteiger partial charge on any atom is -0.329 e. The van der Waals surface area contributed by atoms with Crippen LogP contribution in [0.5, 0.6) is 0 Å². The van der Waals surface area contributed by atoms with Crippen LogP contribution >= 0.6 is 35.0 Å². The largest absolute Gasteiger partial charge is 0.329 e. The van der Waals surface area contributed by atoms with Crippen LogP contribution in [-0.2, 0) is 7.05 Å². The molecule has 0 bridgehead atoms. The van der Waals surface area contributed by atoms with Crippen LogP contribution in [0.1, 0.15) is 10.4 Å². The van der Waals surface area contributed by atoms with Gasteiger partial charge >= 0.3 is 0 Å². The summed E-state index contributed by atoms with van der Waals surface area (Å²) in [7, 11) is 1.85. The number of nitrogens with zero attached hydrogens (tertiary/aromatic N) is 3. The number of nitrogens with one attached hydrogen (secondary N) is 1. The quantitative estimate of drug-likeness (QED) is 0.651. The van der Waals surface area contributed by atoms with Gasteiger partial charge in [-0.05, 0) is 36.0 Å². The molecule has 1 aromatic carbocycles. The summed E-state index contributed by atoms with van der Waals surface area (Å²) in [4.78, 5) is 21.1. The van der Waals surface area contributed by atoms with E-state index < -0.39 is 11.7 Å². The van der Waals surface area contributed by atoms with Gasteiger partial charge in [-0.25, -0.2) is 14.4 Å². The number of carbonyl (C=O) groups excluding carboxylic acids is 1. The molecule has 0 saturated heterocycles. The number of anilines is 1. The Morgan fingerprint density at radius 3 is 2.76 bits per heavy atom. The molecular weight excluding hydrogens is 386 g/mol. The molecule has 2 aromatic heterocycles. The molecule has 0 fully saturated rings. The molecule has 128 valence electrons. The van der Waals surface area contributed by atoms with E-state index in [1.54, 1.807) is 18.5 Å². The fraction of sp³-hybridized carbons (Fsp3) is 0.0625. The predicted octanol–water partition coefficient (Wildman–Crippen LogP) is 4.66. The number of halogens is 3. The average Bonchev–Trinajstić information content (AvgIpc) is 2.97. The number of imidazole rings is 1. The molecule has 1 amide bonds. The molecule has 9 heteroatoms. The van der Waals surface area contributed by atoms with Crippen LogP contribution < -0.4 is 5.32 Å². The fourth-order valence-electron chi connectivity index (χ4n) is 1.98. The standard InChI is InChI=1S/C16H11Cl2FN4OS/c1-23-5-4-20-16(23)25-13-3-2-10(19)7-12(13)22-15(24)9-6-11(17)14(18)21-8-9/h2-8H,1H3,(H,22,24). The van der Waals surface area contributed by atoms with Crippen LogP contribution in [0.4, 0.5) is 10.1 Å². The molecule has 1 N–H and O–H groups in total. The second-order valence-corrected chi connectivity index (χ2v) is 6.79. The Morgan fingerprint density at radius 2 is 2.08 bits per heavy atom. The zero-order chi connectivity index (χ0) is 18.0. The van der Waals surface area contributed by atoms with Crippen molar-refractivity contribution >= 4 is 46.6 Å². The van der Waals surface area contributed by atoms with Crippen molar-refractivity contribution in [2.75, 3.05) is 5.32 Å². The van der Waals surface area contributed by atoms with Crippen LogP contribution in [0.3, 0.4) is 0 Å². The van der Waals surface area contributed by atoms with E-state index in [1.165, 1.54) is 36.2 Å². The highest BCUT2D eigenvalue weighted by Gasteiger charge is 2.14. The summed E-state index contributed by atoms with van der Waals surface area (Å²) < 4.78 is 15.5. The maximum absolute atomic E-state index is 13.6. The number of rotatable bonds is 4. The first-order valence-electron chi connectivity index (χ1n) is 7.01. The van der Waals surface area contributed by atoms with E-state index in [9.17, 15) is 9.18 Å². The highest BCUT2D eigenvalue weighted by atomic mass is 35.5. The molecule has 0 aliphatic rings. The summed E-state index contributed by atoms with van der Waals surface area (Å²) in [5.74, 6) is -0.940. The molecule has 2 heterocycles. The van der Waals surface area contributed by atoms with Crippen molar-refractivity contribution < 1.29 is 9.18 Å². The van der Waals surface area contributed by atoms with Gasteiger partial charge in [0.1, 0.15) is 11.0 Å². The third-order valence-corrected chi connectivity index (χ3v) is 5.06. The molecule has 3 rings (SSSR count). The van der Waals surface area contributed by atoms with Gasteiger partial charge < -0.3 is 9.88 Å². The van der Waals surface area contributed by atoms with Gasteiger partial charge in [0, 0.05) is 30.5 Å². The van der Waals surface area contributed by atoms with Gasteiger partial charge in [-0.2, -0.15) is 0 Å². The van der Waals surface area contributed by atoms with E-state index in [2.05, 4.69) is 15.3 Å². The first kappa shape index (κ1) is 17.7. The monoisotopic (exact) mass is 396 g/mol. The lowest BCUT2D eigenvalue weighted by Gasteiger charge is -2.11. The summed E-state index contributed by atoms with van der Waals surface area (Å²) in [5.41, 5.74) is 0.538. The van der Waals surface area contributed by atoms with E-state index >= 15 is 0 Å². The molecular formula is C16H11Cl2FN4OS. The predicted molar refractivity (Wildman–Crippen MR) is 95.9 cm³/mol. The topological polar surface area (TPSA) is 59.8 Å². The fourth-order valence-corrected chi connectivity index (χ4v) is 3.12. The molecule has 5 nitrogen and oxygen atoms in total. The number of aromatic nitrogens is 3. The Balaban J connectivity index is 1.88. The van der Waals surface area contributed by atoms with Crippen molar-refractivity contribution in [2.24, 2.45) is 7.05 Å². The van der Waals surface area contributed by atoms with Gasteiger partial charge in [0.2, 0.25) is 0 Å². The van der Waals surface area contributed by atoms with Gasteiger partial charge in [-0.3, -0.25) is 4.79 Å². The average molecular weight is 397 g/mol. The minimum atomic E-state index is -0.474. The lowest BCUT2D eigenvalue weighted by Crippen LogP contribution is -2.13. The van der Waals surface area contributed by atoms with Gasteiger partial charge in [-0.1, -0.05) is 23.2 Å². The Morgan fingerprint density at radius 1 is 1.28 bits per heavy atom. The van der Waals surface area contributed by atoms with Crippen molar-refractivity contribution in [3.8, 4) is 0 Å². The molecule has 0 aliphatic carbocycles. The van der Waals surface area contributed by atoms with E-state index in [4.69, 9.17) is 23.2 Å². The van der Waals surface area contributed by atoms with Crippen LogP contribution in [0.15, 0.2) is 52.9 Å². The zero-order valence-corrected chi connectivity index (χ0v) is 15.2. The number of aryl methyl sites for hydroxylation is 1. The maximum atomic E-state index is 13.6. The van der Waals surface area contributed by atoms with Crippen molar-refractivity contribution in [1.29, 1.82) is 0 Å². The van der Waals surface area contributed by atoms with Crippen molar-refractivity contribution in [1.82, 2.24) is 14.5 Å². The Labute approximate surface area is 157 Å². The van der Waals surface area contributed by atoms with Gasteiger partial charge in [0.25, 0.3) is 5.91 Å². The number of carbonyl (C=O) groups is 1. The van der Waals surface area contributed by atoms with Crippen LogP contribution in [0.2, 0.25) is 10.2 Å². The molecule has 0 radical (unpaired) electrons. The van der Waals surface area contributed by atoms with Crippen LogP contribution in [0.25, 0.3) is 0 Å². The molecule has 0 aliphatic heterocycles. The Hall–Kier alpha value is -2.09. The van der Waals surface area contributed by atoms with Gasteiger partial charge in [-0.15, -0.1) is 0 Å². The van der Waals surface area contributed by atoms with Crippen LogP contribution in [-0.4, -0.2) is 20.4 Å². The minimum absolute atomic E-state index is 0.106.